The van der Waals surface area contributed by atoms with Crippen molar-refractivity contribution in [3.8, 4) is 0 Å². The predicted octanol–water partition coefficient (Wildman–Crippen LogP) is 1.74. The van der Waals surface area contributed by atoms with Gasteiger partial charge in [0.1, 0.15) is 6.04 Å². The predicted molar refractivity (Wildman–Crippen MR) is 54.4 cm³/mol. The second-order valence-corrected chi connectivity index (χ2v) is 3.16. The second-order valence-electron chi connectivity index (χ2n) is 3.16. The molecule has 1 aromatic carbocycles. The van der Waals surface area contributed by atoms with Crippen LogP contribution in [0.15, 0.2) is 30.2 Å². The summed E-state index contributed by atoms with van der Waals surface area (Å²) in [6, 6.07) is -2.87. The van der Waals surface area contributed by atoms with Crippen LogP contribution >= 0.6 is 0 Å². The topological polar surface area (TPSA) is 40.5 Å². The van der Waals surface area contributed by atoms with Gasteiger partial charge in [-0.1, -0.05) is 18.1 Å². The first kappa shape index (κ1) is 4.82. The Morgan fingerprint density at radius 1 is 1.50 bits per heavy atom. The molecule has 0 radical (unpaired) electrons. The van der Waals surface area contributed by atoms with Crippen molar-refractivity contribution in [3.05, 3.63) is 30.2 Å². The largest absolute Gasteiger partial charge is 0.480 e. The number of anilines is 1. The molecule has 1 N–H and O–H groups in total. The molecule has 2 rings (SSSR count). The summed E-state index contributed by atoms with van der Waals surface area (Å²) in [5, 5.41) is 9.13. The van der Waals surface area contributed by atoms with Gasteiger partial charge in [0.05, 0.1) is 6.85 Å². The van der Waals surface area contributed by atoms with Crippen molar-refractivity contribution < 1.29 is 16.8 Å². The molecule has 1 aromatic rings. The van der Waals surface area contributed by atoms with Crippen molar-refractivity contribution in [2.45, 2.75) is 18.9 Å². The maximum atomic E-state index is 11.1. The third-order valence-corrected chi connectivity index (χ3v) is 2.31. The van der Waals surface area contributed by atoms with Gasteiger partial charge in [-0.25, -0.2) is 4.79 Å². The van der Waals surface area contributed by atoms with Gasteiger partial charge in [-0.15, -0.1) is 0 Å². The number of nitrogens with zero attached hydrogens (tertiary/aromatic N) is 1. The summed E-state index contributed by atoms with van der Waals surface area (Å²) in [7, 11) is 0. The fraction of sp³-hybridized carbons (Fsp3) is 0.364. The van der Waals surface area contributed by atoms with E-state index in [2.05, 4.69) is 0 Å². The lowest BCUT2D eigenvalue weighted by atomic mass is 10.2. The molecular formula is C11H13NO2. The third-order valence-electron chi connectivity index (χ3n) is 2.31. The van der Waals surface area contributed by atoms with E-state index in [0.29, 0.717) is 19.4 Å². The minimum Gasteiger partial charge on any atom is -0.480 e. The maximum absolute atomic E-state index is 11.1. The van der Waals surface area contributed by atoms with Gasteiger partial charge < -0.3 is 10.0 Å². The molecule has 0 amide bonds. The molecule has 0 spiro atoms. The molecule has 14 heavy (non-hydrogen) atoms. The van der Waals surface area contributed by atoms with E-state index >= 15 is 0 Å². The Labute approximate surface area is 90.0 Å². The standard InChI is InChI=1S/C11H13NO2/c13-11(14)10-7-4-8-12(10)9-5-2-1-3-6-9/h1-3,5-6,10H,4,7-8H2,(H,13,14)/t10-/m1/s1/i1D,2D,3D,5D,6D. The lowest BCUT2D eigenvalue weighted by Crippen LogP contribution is -2.35. The van der Waals surface area contributed by atoms with Gasteiger partial charge in [-0.3, -0.25) is 0 Å². The molecule has 0 bridgehead atoms. The second kappa shape index (κ2) is 3.70. The van der Waals surface area contributed by atoms with Gasteiger partial charge in [0.25, 0.3) is 0 Å². The first-order valence-corrected chi connectivity index (χ1v) is 4.42. The van der Waals surface area contributed by atoms with Crippen LogP contribution in [0.25, 0.3) is 0 Å². The summed E-state index contributed by atoms with van der Waals surface area (Å²) in [6.45, 7) is 0.380. The maximum Gasteiger partial charge on any atom is 0.326 e. The molecule has 0 saturated carbocycles. The summed E-state index contributed by atoms with van der Waals surface area (Å²) >= 11 is 0. The summed E-state index contributed by atoms with van der Waals surface area (Å²) in [5.41, 5.74) is -0.0177. The lowest BCUT2D eigenvalue weighted by Gasteiger charge is -2.23. The normalized spacial score (nSPS) is 26.1. The fourth-order valence-corrected chi connectivity index (χ4v) is 1.68. The zero-order valence-corrected chi connectivity index (χ0v) is 7.50. The van der Waals surface area contributed by atoms with E-state index in [1.165, 1.54) is 4.90 Å². The quantitative estimate of drug-likeness (QED) is 0.783. The number of carboxylic acid groups (broad SMARTS) is 1. The van der Waals surface area contributed by atoms with Gasteiger partial charge >= 0.3 is 5.97 Å². The van der Waals surface area contributed by atoms with Gasteiger partial charge in [-0.2, -0.15) is 0 Å². The minimum absolute atomic E-state index is 0.0177. The number of benzene rings is 1. The highest BCUT2D eigenvalue weighted by atomic mass is 16.4. The Bertz CT molecular complexity index is 519. The molecular weight excluding hydrogens is 178 g/mol. The van der Waals surface area contributed by atoms with Gasteiger partial charge in [0, 0.05) is 12.2 Å². The van der Waals surface area contributed by atoms with E-state index in [1.807, 2.05) is 0 Å². The Morgan fingerprint density at radius 2 is 2.21 bits per heavy atom. The van der Waals surface area contributed by atoms with Crippen molar-refractivity contribution in [1.29, 1.82) is 0 Å². The molecule has 3 heteroatoms. The number of carbonyl (C=O) groups is 1. The van der Waals surface area contributed by atoms with Crippen LogP contribution < -0.4 is 4.90 Å². The summed E-state index contributed by atoms with van der Waals surface area (Å²) in [5.74, 6) is -1.04. The Hall–Kier alpha value is -1.51. The van der Waals surface area contributed by atoms with Crippen LogP contribution in [0.1, 0.15) is 19.7 Å². The molecule has 74 valence electrons. The zero-order valence-electron chi connectivity index (χ0n) is 12.5. The number of hydrogen-bond acceptors (Lipinski definition) is 2. The van der Waals surface area contributed by atoms with E-state index < -0.39 is 30.1 Å². The molecule has 1 heterocycles. The molecule has 3 nitrogen and oxygen atoms in total. The van der Waals surface area contributed by atoms with Crippen LogP contribution in [0.3, 0.4) is 0 Å². The highest BCUT2D eigenvalue weighted by molar-refractivity contribution is 5.78. The van der Waals surface area contributed by atoms with Crippen LogP contribution in [0.2, 0.25) is 0 Å². The van der Waals surface area contributed by atoms with Gasteiger partial charge in [-0.05, 0) is 24.9 Å². The molecule has 0 aliphatic carbocycles. The third kappa shape index (κ3) is 1.58. The van der Waals surface area contributed by atoms with E-state index in [-0.39, 0.29) is 17.8 Å². The van der Waals surface area contributed by atoms with Crippen molar-refractivity contribution in [3.63, 3.8) is 0 Å². The zero-order chi connectivity index (χ0) is 14.3. The van der Waals surface area contributed by atoms with E-state index in [4.69, 9.17) is 12.0 Å². The highest BCUT2D eigenvalue weighted by Crippen LogP contribution is 2.24. The molecule has 1 fully saturated rings. The van der Waals surface area contributed by atoms with Crippen molar-refractivity contribution in [2.75, 3.05) is 11.4 Å². The van der Waals surface area contributed by atoms with Crippen molar-refractivity contribution in [2.24, 2.45) is 0 Å². The van der Waals surface area contributed by atoms with Crippen LogP contribution in [0.5, 0.6) is 0 Å². The Kier molecular flexibility index (Phi) is 1.27. The van der Waals surface area contributed by atoms with Crippen LogP contribution in [-0.2, 0) is 4.79 Å². The summed E-state index contributed by atoms with van der Waals surface area (Å²) < 4.78 is 38.3. The monoisotopic (exact) mass is 196 g/mol. The van der Waals surface area contributed by atoms with Crippen LogP contribution in [-0.4, -0.2) is 23.7 Å². The summed E-state index contributed by atoms with van der Waals surface area (Å²) in [6.07, 6.45) is 1.04. The average Bonchev–Trinajstić information content (AvgIpc) is 2.83. The van der Waals surface area contributed by atoms with Gasteiger partial charge in [0.15, 0.2) is 0 Å². The molecule has 1 saturated heterocycles. The van der Waals surface area contributed by atoms with E-state index in [1.54, 1.807) is 0 Å². The first-order chi connectivity index (χ1) is 8.86. The molecule has 0 aromatic heterocycles. The van der Waals surface area contributed by atoms with Crippen LogP contribution in [0.4, 0.5) is 5.69 Å². The lowest BCUT2D eigenvalue weighted by molar-refractivity contribution is -0.138. The molecule has 1 aliphatic rings. The average molecular weight is 196 g/mol. The Morgan fingerprint density at radius 3 is 2.86 bits per heavy atom. The molecule has 1 aliphatic heterocycles. The van der Waals surface area contributed by atoms with E-state index in [0.717, 1.165) is 0 Å². The molecule has 1 atom stereocenters. The number of para-hydroxylation sites is 1. The number of carboxylic acids is 1. The van der Waals surface area contributed by atoms with Crippen molar-refractivity contribution >= 4 is 11.7 Å². The van der Waals surface area contributed by atoms with Crippen LogP contribution in [0, 0.1) is 0 Å². The smallest absolute Gasteiger partial charge is 0.326 e. The van der Waals surface area contributed by atoms with Crippen molar-refractivity contribution in [1.82, 2.24) is 0 Å². The first-order valence-electron chi connectivity index (χ1n) is 6.92. The Balaban J connectivity index is 2.60. The SMILES string of the molecule is [2H]c1c([2H])c([2H])c(N2CCC[C@@H]2C(=O)O)c([2H])c1[2H]. The molecule has 0 unspecified atom stereocenters. The van der Waals surface area contributed by atoms with Gasteiger partial charge in [0.2, 0.25) is 0 Å². The highest BCUT2D eigenvalue weighted by Gasteiger charge is 2.30. The van der Waals surface area contributed by atoms with E-state index in [9.17, 15) is 4.79 Å². The number of rotatable bonds is 2. The number of hydrogen-bond donors (Lipinski definition) is 1. The minimum atomic E-state index is -1.04. The number of aliphatic carboxylic acids is 1. The fourth-order valence-electron chi connectivity index (χ4n) is 1.68. The summed E-state index contributed by atoms with van der Waals surface area (Å²) in [4.78, 5) is 12.5.